The second kappa shape index (κ2) is 15.6. The highest BCUT2D eigenvalue weighted by molar-refractivity contribution is 5.91. The van der Waals surface area contributed by atoms with E-state index in [0.717, 1.165) is 24.0 Å². The number of hydrazone groups is 1. The second-order valence-electron chi connectivity index (χ2n) is 8.54. The summed E-state index contributed by atoms with van der Waals surface area (Å²) in [4.78, 5) is 24.4. The van der Waals surface area contributed by atoms with Crippen molar-refractivity contribution in [2.24, 2.45) is 5.10 Å². The number of hydrogen-bond acceptors (Lipinski definition) is 5. The molecule has 0 radical (unpaired) electrons. The maximum absolute atomic E-state index is 12.4. The van der Waals surface area contributed by atoms with Crippen LogP contribution < -0.4 is 14.9 Å². The SMILES string of the molecule is CCCCCCCCCCCC(=O)NN=Cc1ccc(OC(=O)c2ccc(C)cc2)c(OC)c1. The number of benzene rings is 2. The van der Waals surface area contributed by atoms with E-state index in [9.17, 15) is 9.59 Å². The van der Waals surface area contributed by atoms with Gasteiger partial charge in [0, 0.05) is 6.42 Å². The molecule has 0 saturated heterocycles. The molecule has 0 aliphatic heterocycles. The summed E-state index contributed by atoms with van der Waals surface area (Å²) in [5.74, 6) is 0.184. The van der Waals surface area contributed by atoms with Crippen LogP contribution in [0.4, 0.5) is 0 Å². The topological polar surface area (TPSA) is 77.0 Å². The summed E-state index contributed by atoms with van der Waals surface area (Å²) >= 11 is 0. The Kier molecular flexibility index (Phi) is 12.5. The van der Waals surface area contributed by atoms with E-state index in [1.54, 1.807) is 36.5 Å². The average Bonchev–Trinajstić information content (AvgIpc) is 2.84. The molecule has 0 spiro atoms. The smallest absolute Gasteiger partial charge is 0.343 e. The minimum Gasteiger partial charge on any atom is -0.493 e. The molecule has 0 fully saturated rings. The minimum absolute atomic E-state index is 0.0881. The van der Waals surface area contributed by atoms with E-state index >= 15 is 0 Å². The fraction of sp³-hybridized carbons (Fsp3) is 0.464. The van der Waals surface area contributed by atoms with Crippen LogP contribution in [-0.4, -0.2) is 25.2 Å². The van der Waals surface area contributed by atoms with Crippen molar-refractivity contribution in [3.8, 4) is 11.5 Å². The van der Waals surface area contributed by atoms with Gasteiger partial charge in [0.1, 0.15) is 0 Å². The third-order valence-corrected chi connectivity index (χ3v) is 5.59. The Morgan fingerprint density at radius 2 is 1.53 bits per heavy atom. The van der Waals surface area contributed by atoms with Crippen molar-refractivity contribution in [2.75, 3.05) is 7.11 Å². The summed E-state index contributed by atoms with van der Waals surface area (Å²) in [5, 5.41) is 4.03. The Balaban J connectivity index is 1.73. The number of nitrogens with one attached hydrogen (secondary N) is 1. The molecule has 0 saturated carbocycles. The standard InChI is InChI=1S/C28H38N2O4/c1-4-5-6-7-8-9-10-11-12-13-27(31)30-29-21-23-16-19-25(26(20-23)33-3)34-28(32)24-17-14-22(2)15-18-24/h14-21H,4-13H2,1-3H3,(H,30,31). The van der Waals surface area contributed by atoms with Gasteiger partial charge in [-0.05, 0) is 49.2 Å². The van der Waals surface area contributed by atoms with E-state index in [2.05, 4.69) is 17.5 Å². The van der Waals surface area contributed by atoms with Crippen LogP contribution in [0.2, 0.25) is 0 Å². The largest absolute Gasteiger partial charge is 0.493 e. The number of amides is 1. The van der Waals surface area contributed by atoms with Crippen molar-refractivity contribution < 1.29 is 19.1 Å². The molecule has 0 aromatic heterocycles. The lowest BCUT2D eigenvalue weighted by Gasteiger charge is -2.10. The number of esters is 1. The van der Waals surface area contributed by atoms with Gasteiger partial charge in [-0.25, -0.2) is 10.2 Å². The number of unbranched alkanes of at least 4 members (excludes halogenated alkanes) is 8. The second-order valence-corrected chi connectivity index (χ2v) is 8.54. The Labute approximate surface area is 203 Å². The molecule has 6 heteroatoms. The highest BCUT2D eigenvalue weighted by atomic mass is 16.6. The molecule has 0 atom stereocenters. The molecular formula is C28H38N2O4. The predicted molar refractivity (Wildman–Crippen MR) is 137 cm³/mol. The molecule has 2 aromatic rings. The van der Waals surface area contributed by atoms with Crippen molar-refractivity contribution in [1.82, 2.24) is 5.43 Å². The van der Waals surface area contributed by atoms with Crippen LogP contribution in [-0.2, 0) is 4.79 Å². The number of nitrogens with zero attached hydrogens (tertiary/aromatic N) is 1. The maximum Gasteiger partial charge on any atom is 0.343 e. The van der Waals surface area contributed by atoms with Gasteiger partial charge in [-0.2, -0.15) is 5.10 Å². The van der Waals surface area contributed by atoms with Crippen LogP contribution in [0.3, 0.4) is 0 Å². The molecule has 1 amide bonds. The van der Waals surface area contributed by atoms with E-state index in [1.807, 2.05) is 19.1 Å². The molecular weight excluding hydrogens is 428 g/mol. The fourth-order valence-electron chi connectivity index (χ4n) is 3.53. The summed E-state index contributed by atoms with van der Waals surface area (Å²) in [6.45, 7) is 4.19. The zero-order valence-electron chi connectivity index (χ0n) is 20.8. The summed E-state index contributed by atoms with van der Waals surface area (Å²) in [5.41, 5.74) is 4.82. The third kappa shape index (κ3) is 10.2. The van der Waals surface area contributed by atoms with Crippen LogP contribution in [0, 0.1) is 6.92 Å². The van der Waals surface area contributed by atoms with Crippen LogP contribution in [0.25, 0.3) is 0 Å². The lowest BCUT2D eigenvalue weighted by molar-refractivity contribution is -0.121. The summed E-state index contributed by atoms with van der Waals surface area (Å²) in [6, 6.07) is 12.3. The number of ether oxygens (including phenoxy) is 2. The van der Waals surface area contributed by atoms with Crippen LogP contribution >= 0.6 is 0 Å². The molecule has 0 aliphatic carbocycles. The molecule has 184 valence electrons. The van der Waals surface area contributed by atoms with Gasteiger partial charge in [0.25, 0.3) is 0 Å². The van der Waals surface area contributed by atoms with Gasteiger partial charge in [-0.3, -0.25) is 4.79 Å². The monoisotopic (exact) mass is 466 g/mol. The van der Waals surface area contributed by atoms with Crippen LogP contribution in [0.1, 0.15) is 92.6 Å². The van der Waals surface area contributed by atoms with Crippen molar-refractivity contribution >= 4 is 18.1 Å². The number of rotatable bonds is 15. The number of carbonyl (C=O) groups is 2. The molecule has 0 aliphatic rings. The summed E-state index contributed by atoms with van der Waals surface area (Å²) < 4.78 is 10.8. The van der Waals surface area contributed by atoms with Crippen molar-refractivity contribution in [3.63, 3.8) is 0 Å². The van der Waals surface area contributed by atoms with E-state index in [4.69, 9.17) is 9.47 Å². The van der Waals surface area contributed by atoms with Crippen molar-refractivity contribution in [3.05, 3.63) is 59.2 Å². The zero-order valence-corrected chi connectivity index (χ0v) is 20.8. The Hall–Kier alpha value is -3.15. The van der Waals surface area contributed by atoms with E-state index < -0.39 is 5.97 Å². The quantitative estimate of drug-likeness (QED) is 0.106. The van der Waals surface area contributed by atoms with Crippen LogP contribution in [0.15, 0.2) is 47.6 Å². The molecule has 0 bridgehead atoms. The molecule has 1 N–H and O–H groups in total. The first-order valence-corrected chi connectivity index (χ1v) is 12.3. The first kappa shape index (κ1) is 27.1. The van der Waals surface area contributed by atoms with E-state index in [1.165, 1.54) is 52.1 Å². The Bertz CT molecular complexity index is 923. The van der Waals surface area contributed by atoms with Gasteiger partial charge in [-0.15, -0.1) is 0 Å². The molecule has 34 heavy (non-hydrogen) atoms. The first-order valence-electron chi connectivity index (χ1n) is 12.3. The maximum atomic E-state index is 12.4. The Morgan fingerprint density at radius 3 is 2.18 bits per heavy atom. The molecule has 2 aromatic carbocycles. The highest BCUT2D eigenvalue weighted by Gasteiger charge is 2.12. The molecule has 6 nitrogen and oxygen atoms in total. The van der Waals surface area contributed by atoms with Gasteiger partial charge < -0.3 is 9.47 Å². The number of aryl methyl sites for hydroxylation is 1. The first-order chi connectivity index (χ1) is 16.5. The van der Waals surface area contributed by atoms with E-state index in [0.29, 0.717) is 23.5 Å². The van der Waals surface area contributed by atoms with Gasteiger partial charge >= 0.3 is 5.97 Å². The van der Waals surface area contributed by atoms with Crippen molar-refractivity contribution in [1.29, 1.82) is 0 Å². The van der Waals surface area contributed by atoms with Gasteiger partial charge in [-0.1, -0.05) is 76.0 Å². The van der Waals surface area contributed by atoms with Crippen LogP contribution in [0.5, 0.6) is 11.5 Å². The lowest BCUT2D eigenvalue weighted by Crippen LogP contribution is -2.16. The van der Waals surface area contributed by atoms with E-state index in [-0.39, 0.29) is 5.91 Å². The molecule has 0 heterocycles. The van der Waals surface area contributed by atoms with Gasteiger partial charge in [0.2, 0.25) is 5.91 Å². The average molecular weight is 467 g/mol. The predicted octanol–water partition coefficient (Wildman–Crippen LogP) is 6.59. The lowest BCUT2D eigenvalue weighted by atomic mass is 10.1. The number of hydrogen-bond donors (Lipinski definition) is 1. The third-order valence-electron chi connectivity index (χ3n) is 5.59. The summed E-state index contributed by atoms with van der Waals surface area (Å²) in [6.07, 6.45) is 13.0. The highest BCUT2D eigenvalue weighted by Crippen LogP contribution is 2.28. The molecule has 0 unspecified atom stereocenters. The Morgan fingerprint density at radius 1 is 0.882 bits per heavy atom. The number of carbonyl (C=O) groups excluding carboxylic acids is 2. The fourth-order valence-corrected chi connectivity index (χ4v) is 3.53. The van der Waals surface area contributed by atoms with Gasteiger partial charge in [0.15, 0.2) is 11.5 Å². The van der Waals surface area contributed by atoms with Crippen molar-refractivity contribution in [2.45, 2.75) is 78.1 Å². The zero-order chi connectivity index (χ0) is 24.6. The number of methoxy groups -OCH3 is 1. The minimum atomic E-state index is -0.455. The summed E-state index contributed by atoms with van der Waals surface area (Å²) in [7, 11) is 1.51. The normalized spacial score (nSPS) is 10.9. The molecule has 2 rings (SSSR count). The van der Waals surface area contributed by atoms with Gasteiger partial charge in [0.05, 0.1) is 18.9 Å².